The summed E-state index contributed by atoms with van der Waals surface area (Å²) in [6.45, 7) is 17.7. The van der Waals surface area contributed by atoms with Crippen LogP contribution in [0.15, 0.2) is 28.7 Å². The van der Waals surface area contributed by atoms with Gasteiger partial charge in [0.05, 0.1) is 19.8 Å². The van der Waals surface area contributed by atoms with Gasteiger partial charge >= 0.3 is 6.09 Å². The van der Waals surface area contributed by atoms with Gasteiger partial charge in [0.25, 0.3) is 0 Å². The first kappa shape index (κ1) is 25.0. The molecule has 0 saturated heterocycles. The van der Waals surface area contributed by atoms with Crippen LogP contribution in [0.5, 0.6) is 5.75 Å². The van der Waals surface area contributed by atoms with Crippen LogP contribution in [0.4, 0.5) is 4.79 Å². The molecule has 0 aromatic heterocycles. The normalized spacial score (nSPS) is 13.8. The first-order chi connectivity index (χ1) is 12.7. The molecular weight excluding hydrogens is 438 g/mol. The zero-order valence-electron chi connectivity index (χ0n) is 18.8. The number of carbonyl (C=O) groups is 1. The molecule has 0 heterocycles. The van der Waals surface area contributed by atoms with E-state index in [-0.39, 0.29) is 17.2 Å². The number of carbonyl (C=O) groups excluding carboxylic acids is 1. The highest BCUT2D eigenvalue weighted by molar-refractivity contribution is 9.10. The minimum atomic E-state index is -2.06. The van der Waals surface area contributed by atoms with Crippen molar-refractivity contribution in [3.05, 3.63) is 28.7 Å². The molecule has 0 aliphatic heterocycles. The van der Waals surface area contributed by atoms with Gasteiger partial charge in [-0.2, -0.15) is 0 Å². The molecule has 1 rings (SSSR count). The molecule has 1 aromatic rings. The van der Waals surface area contributed by atoms with Crippen LogP contribution in [0.2, 0.25) is 18.1 Å². The van der Waals surface area contributed by atoms with Gasteiger partial charge in [0, 0.05) is 10.0 Å². The summed E-state index contributed by atoms with van der Waals surface area (Å²) < 4.78 is 18.6. The van der Waals surface area contributed by atoms with E-state index in [9.17, 15) is 4.79 Å². The summed E-state index contributed by atoms with van der Waals surface area (Å²) >= 11 is 3.47. The summed E-state index contributed by atoms with van der Waals surface area (Å²) in [6, 6.07) is 7.72. The Morgan fingerprint density at radius 1 is 1.18 bits per heavy atom. The number of halogens is 1. The van der Waals surface area contributed by atoms with Crippen LogP contribution < -0.4 is 4.74 Å². The molecule has 5 nitrogen and oxygen atoms in total. The largest absolute Gasteiger partial charge is 0.491 e. The van der Waals surface area contributed by atoms with E-state index in [1.807, 2.05) is 45.0 Å². The Labute approximate surface area is 180 Å². The van der Waals surface area contributed by atoms with E-state index in [2.05, 4.69) is 49.8 Å². The number of hydrogen-bond donors (Lipinski definition) is 0. The summed E-state index contributed by atoms with van der Waals surface area (Å²) in [5.74, 6) is 0.763. The molecule has 7 heteroatoms. The number of hydrogen-bond acceptors (Lipinski definition) is 4. The molecule has 0 bridgehead atoms. The smallest absolute Gasteiger partial charge is 0.410 e. The lowest BCUT2D eigenvalue weighted by atomic mass is 10.1. The Kier molecular flexibility index (Phi) is 8.59. The Morgan fingerprint density at radius 3 is 2.25 bits per heavy atom. The minimum Gasteiger partial charge on any atom is -0.491 e. The standard InChI is InChI=1S/C21H36BrNO4Si/c1-20(2,3)23(19(24)25-7)14-18(27-28(8,9)21(4,5)6)15-26-17-12-10-11-16(22)13-17/h10-13,18H,14-15H2,1-9H3. The summed E-state index contributed by atoms with van der Waals surface area (Å²) in [5, 5.41) is 0.0544. The number of ether oxygens (including phenoxy) is 2. The maximum Gasteiger partial charge on any atom is 0.410 e. The molecule has 0 fully saturated rings. The van der Waals surface area contributed by atoms with Gasteiger partial charge in [-0.25, -0.2) is 4.79 Å². The molecule has 1 aromatic carbocycles. The summed E-state index contributed by atoms with van der Waals surface area (Å²) in [7, 11) is -0.650. The van der Waals surface area contributed by atoms with Gasteiger partial charge in [-0.05, 0) is 57.1 Å². The van der Waals surface area contributed by atoms with E-state index >= 15 is 0 Å². The van der Waals surface area contributed by atoms with E-state index in [4.69, 9.17) is 13.9 Å². The van der Waals surface area contributed by atoms with Crippen molar-refractivity contribution in [2.75, 3.05) is 20.3 Å². The van der Waals surface area contributed by atoms with Crippen molar-refractivity contribution in [2.45, 2.75) is 71.3 Å². The van der Waals surface area contributed by atoms with Gasteiger partial charge in [0.2, 0.25) is 0 Å². The van der Waals surface area contributed by atoms with E-state index in [0.29, 0.717) is 13.2 Å². The topological polar surface area (TPSA) is 48.0 Å². The number of benzene rings is 1. The molecule has 1 atom stereocenters. The van der Waals surface area contributed by atoms with Crippen LogP contribution in [-0.2, 0) is 9.16 Å². The van der Waals surface area contributed by atoms with Crippen LogP contribution in [0, 0.1) is 0 Å². The maximum absolute atomic E-state index is 12.4. The van der Waals surface area contributed by atoms with Crippen LogP contribution in [0.3, 0.4) is 0 Å². The third kappa shape index (κ3) is 7.41. The molecular formula is C21H36BrNO4Si. The Bertz CT molecular complexity index is 653. The summed E-state index contributed by atoms with van der Waals surface area (Å²) in [4.78, 5) is 14.1. The third-order valence-corrected chi connectivity index (χ3v) is 10.1. The average molecular weight is 475 g/mol. The molecule has 28 heavy (non-hydrogen) atoms. The fraction of sp³-hybridized carbons (Fsp3) is 0.667. The van der Waals surface area contributed by atoms with Gasteiger partial charge in [-0.15, -0.1) is 0 Å². The zero-order chi connectivity index (χ0) is 21.8. The number of rotatable bonds is 7. The second kappa shape index (κ2) is 9.63. The Morgan fingerprint density at radius 2 is 1.79 bits per heavy atom. The minimum absolute atomic E-state index is 0.0544. The van der Waals surface area contributed by atoms with Crippen molar-refractivity contribution in [1.29, 1.82) is 0 Å². The van der Waals surface area contributed by atoms with Gasteiger partial charge in [-0.3, -0.25) is 0 Å². The monoisotopic (exact) mass is 473 g/mol. The highest BCUT2D eigenvalue weighted by Gasteiger charge is 2.41. The predicted molar refractivity (Wildman–Crippen MR) is 121 cm³/mol. The molecule has 1 unspecified atom stereocenters. The molecule has 0 N–H and O–H groups in total. The second-order valence-corrected chi connectivity index (χ2v) is 15.2. The molecule has 0 aliphatic carbocycles. The fourth-order valence-electron chi connectivity index (χ4n) is 2.40. The van der Waals surface area contributed by atoms with Crippen molar-refractivity contribution in [2.24, 2.45) is 0 Å². The summed E-state index contributed by atoms with van der Waals surface area (Å²) in [6.07, 6.45) is -0.628. The molecule has 0 radical (unpaired) electrons. The van der Waals surface area contributed by atoms with Crippen LogP contribution in [0.1, 0.15) is 41.5 Å². The van der Waals surface area contributed by atoms with Crippen LogP contribution in [0.25, 0.3) is 0 Å². The number of nitrogens with zero attached hydrogens (tertiary/aromatic N) is 1. The number of amides is 1. The highest BCUT2D eigenvalue weighted by Crippen LogP contribution is 2.37. The van der Waals surface area contributed by atoms with Gasteiger partial charge in [-0.1, -0.05) is 42.8 Å². The average Bonchev–Trinajstić information content (AvgIpc) is 2.54. The lowest BCUT2D eigenvalue weighted by Crippen LogP contribution is -2.54. The van der Waals surface area contributed by atoms with Gasteiger partial charge < -0.3 is 18.8 Å². The lowest BCUT2D eigenvalue weighted by Gasteiger charge is -2.42. The molecule has 0 spiro atoms. The predicted octanol–water partition coefficient (Wildman–Crippen LogP) is 6.09. The molecule has 1 amide bonds. The molecule has 0 aliphatic rings. The quantitative estimate of drug-likeness (QED) is 0.449. The maximum atomic E-state index is 12.4. The molecule has 0 saturated carbocycles. The van der Waals surface area contributed by atoms with Gasteiger partial charge in [0.15, 0.2) is 8.32 Å². The first-order valence-electron chi connectivity index (χ1n) is 9.59. The van der Waals surface area contributed by atoms with E-state index in [1.165, 1.54) is 7.11 Å². The van der Waals surface area contributed by atoms with Crippen LogP contribution in [-0.4, -0.2) is 51.2 Å². The van der Waals surface area contributed by atoms with E-state index in [1.54, 1.807) is 4.90 Å². The van der Waals surface area contributed by atoms with Crippen molar-refractivity contribution in [3.8, 4) is 5.75 Å². The van der Waals surface area contributed by atoms with Crippen molar-refractivity contribution < 1.29 is 18.7 Å². The van der Waals surface area contributed by atoms with Gasteiger partial charge in [0.1, 0.15) is 12.4 Å². The zero-order valence-corrected chi connectivity index (χ0v) is 21.3. The number of methoxy groups -OCH3 is 1. The fourth-order valence-corrected chi connectivity index (χ4v) is 4.11. The Balaban J connectivity index is 3.06. The third-order valence-electron chi connectivity index (χ3n) is 5.09. The Hall–Kier alpha value is -1.05. The second-order valence-electron chi connectivity index (χ2n) is 9.52. The van der Waals surface area contributed by atoms with Crippen LogP contribution >= 0.6 is 15.9 Å². The van der Waals surface area contributed by atoms with Crippen molar-refractivity contribution in [1.82, 2.24) is 4.90 Å². The SMILES string of the molecule is COC(=O)N(CC(COc1cccc(Br)c1)O[Si](C)(C)C(C)(C)C)C(C)(C)C. The first-order valence-corrected chi connectivity index (χ1v) is 13.3. The van der Waals surface area contributed by atoms with E-state index in [0.717, 1.165) is 10.2 Å². The van der Waals surface area contributed by atoms with Crippen molar-refractivity contribution in [3.63, 3.8) is 0 Å². The lowest BCUT2D eigenvalue weighted by molar-refractivity contribution is 0.0338. The highest BCUT2D eigenvalue weighted by atomic mass is 79.9. The van der Waals surface area contributed by atoms with E-state index < -0.39 is 13.9 Å². The summed E-state index contributed by atoms with van der Waals surface area (Å²) in [5.41, 5.74) is -0.391. The molecule has 160 valence electrons. The van der Waals surface area contributed by atoms with Crippen molar-refractivity contribution >= 4 is 30.3 Å².